The van der Waals surface area contributed by atoms with Gasteiger partial charge >= 0.3 is 0 Å². The van der Waals surface area contributed by atoms with E-state index in [1.807, 2.05) is 42.5 Å². The normalized spacial score (nSPS) is 11.6. The standard InChI is InChI=1S/C23H28BrNO2/c1-4-15-27-21-8-6-5-7-19(21)11-14-22(26)25-17-23(2,3)16-18-9-12-20(24)13-10-18/h5-14H,4,15-17H2,1-3H3,(H,25,26)/b14-11+. The molecule has 0 radical (unpaired) electrons. The van der Waals surface area contributed by atoms with Crippen LogP contribution in [0.3, 0.4) is 0 Å². The second kappa shape index (κ2) is 10.3. The zero-order valence-electron chi connectivity index (χ0n) is 16.3. The molecule has 0 aliphatic rings. The van der Waals surface area contributed by atoms with Gasteiger partial charge in [0.1, 0.15) is 5.75 Å². The van der Waals surface area contributed by atoms with Crippen LogP contribution in [-0.4, -0.2) is 19.1 Å². The molecule has 1 amide bonds. The van der Waals surface area contributed by atoms with Gasteiger partial charge in [0, 0.05) is 22.7 Å². The molecule has 0 heterocycles. The van der Waals surface area contributed by atoms with Crippen LogP contribution >= 0.6 is 15.9 Å². The lowest BCUT2D eigenvalue weighted by molar-refractivity contribution is -0.116. The van der Waals surface area contributed by atoms with Crippen LogP contribution in [0, 0.1) is 5.41 Å². The maximum atomic E-state index is 12.2. The topological polar surface area (TPSA) is 38.3 Å². The summed E-state index contributed by atoms with van der Waals surface area (Å²) in [5.41, 5.74) is 2.14. The number of ether oxygens (including phenoxy) is 1. The second-order valence-electron chi connectivity index (χ2n) is 7.40. The van der Waals surface area contributed by atoms with Gasteiger partial charge in [-0.2, -0.15) is 0 Å². The first-order chi connectivity index (χ1) is 12.9. The van der Waals surface area contributed by atoms with E-state index in [0.29, 0.717) is 13.2 Å². The lowest BCUT2D eigenvalue weighted by Gasteiger charge is -2.25. The van der Waals surface area contributed by atoms with Gasteiger partial charge in [-0.25, -0.2) is 0 Å². The van der Waals surface area contributed by atoms with E-state index in [9.17, 15) is 4.79 Å². The van der Waals surface area contributed by atoms with Crippen LogP contribution in [0.4, 0.5) is 0 Å². The molecular formula is C23H28BrNO2. The van der Waals surface area contributed by atoms with Gasteiger partial charge in [0.05, 0.1) is 6.61 Å². The van der Waals surface area contributed by atoms with Gasteiger partial charge in [0.15, 0.2) is 0 Å². The van der Waals surface area contributed by atoms with Crippen molar-refractivity contribution in [1.29, 1.82) is 0 Å². The molecule has 3 nitrogen and oxygen atoms in total. The van der Waals surface area contributed by atoms with Crippen LogP contribution in [-0.2, 0) is 11.2 Å². The molecule has 0 bridgehead atoms. The molecule has 2 aromatic rings. The summed E-state index contributed by atoms with van der Waals surface area (Å²) in [7, 11) is 0. The highest BCUT2D eigenvalue weighted by Gasteiger charge is 2.19. The molecule has 0 saturated heterocycles. The second-order valence-corrected chi connectivity index (χ2v) is 8.32. The van der Waals surface area contributed by atoms with Gasteiger partial charge in [0.25, 0.3) is 0 Å². The van der Waals surface area contributed by atoms with Crippen LogP contribution in [0.1, 0.15) is 38.3 Å². The van der Waals surface area contributed by atoms with E-state index < -0.39 is 0 Å². The number of hydrogen-bond acceptors (Lipinski definition) is 2. The van der Waals surface area contributed by atoms with Crippen molar-refractivity contribution in [1.82, 2.24) is 5.32 Å². The van der Waals surface area contributed by atoms with Crippen molar-refractivity contribution in [3.8, 4) is 5.75 Å². The number of para-hydroxylation sites is 1. The summed E-state index contributed by atoms with van der Waals surface area (Å²) in [6, 6.07) is 16.1. The van der Waals surface area contributed by atoms with Gasteiger partial charge < -0.3 is 10.1 Å². The van der Waals surface area contributed by atoms with E-state index in [2.05, 4.69) is 54.2 Å². The summed E-state index contributed by atoms with van der Waals surface area (Å²) < 4.78 is 6.80. The smallest absolute Gasteiger partial charge is 0.244 e. The average molecular weight is 430 g/mol. The van der Waals surface area contributed by atoms with Gasteiger partial charge in [-0.15, -0.1) is 0 Å². The Balaban J connectivity index is 1.89. The van der Waals surface area contributed by atoms with Crippen LogP contribution in [0.2, 0.25) is 0 Å². The number of benzene rings is 2. The minimum absolute atomic E-state index is 0.0283. The quantitative estimate of drug-likeness (QED) is 0.523. The third kappa shape index (κ3) is 7.59. The van der Waals surface area contributed by atoms with E-state index in [-0.39, 0.29) is 11.3 Å². The minimum Gasteiger partial charge on any atom is -0.493 e. The average Bonchev–Trinajstić information content (AvgIpc) is 2.65. The summed E-state index contributed by atoms with van der Waals surface area (Å²) in [5, 5.41) is 3.01. The molecule has 144 valence electrons. The zero-order valence-corrected chi connectivity index (χ0v) is 17.9. The zero-order chi connectivity index (χ0) is 19.7. The molecule has 2 aromatic carbocycles. The monoisotopic (exact) mass is 429 g/mol. The maximum absolute atomic E-state index is 12.2. The Kier molecular flexibility index (Phi) is 8.11. The lowest BCUT2D eigenvalue weighted by Crippen LogP contribution is -2.34. The molecule has 0 saturated carbocycles. The fourth-order valence-corrected chi connectivity index (χ4v) is 2.99. The molecule has 0 unspecified atom stereocenters. The summed E-state index contributed by atoms with van der Waals surface area (Å²) in [5.74, 6) is 0.711. The molecule has 0 spiro atoms. The van der Waals surface area contributed by atoms with Crippen molar-refractivity contribution in [3.63, 3.8) is 0 Å². The van der Waals surface area contributed by atoms with Crippen molar-refractivity contribution in [2.45, 2.75) is 33.6 Å². The number of amides is 1. The minimum atomic E-state index is -0.0934. The Bertz CT molecular complexity index is 766. The van der Waals surface area contributed by atoms with E-state index in [0.717, 1.165) is 28.6 Å². The van der Waals surface area contributed by atoms with Crippen LogP contribution < -0.4 is 10.1 Å². The van der Waals surface area contributed by atoms with E-state index >= 15 is 0 Å². The number of carbonyl (C=O) groups excluding carboxylic acids is 1. The van der Waals surface area contributed by atoms with E-state index in [1.165, 1.54) is 5.56 Å². The van der Waals surface area contributed by atoms with Crippen LogP contribution in [0.5, 0.6) is 5.75 Å². The third-order valence-electron chi connectivity index (χ3n) is 4.13. The molecule has 2 rings (SSSR count). The van der Waals surface area contributed by atoms with E-state index in [4.69, 9.17) is 4.74 Å². The Morgan fingerprint density at radius 2 is 1.85 bits per heavy atom. The molecular weight excluding hydrogens is 402 g/mol. The Morgan fingerprint density at radius 3 is 2.56 bits per heavy atom. The summed E-state index contributed by atoms with van der Waals surface area (Å²) in [4.78, 5) is 12.2. The van der Waals surface area contributed by atoms with Gasteiger partial charge in [-0.1, -0.05) is 67.0 Å². The number of nitrogens with one attached hydrogen (secondary N) is 1. The summed E-state index contributed by atoms with van der Waals surface area (Å²) >= 11 is 3.46. The summed E-state index contributed by atoms with van der Waals surface area (Å²) in [6.07, 6.45) is 5.23. The predicted octanol–water partition coefficient (Wildman–Crippen LogP) is 5.64. The molecule has 0 aliphatic carbocycles. The van der Waals surface area contributed by atoms with Gasteiger partial charge in [0.2, 0.25) is 5.91 Å². The van der Waals surface area contributed by atoms with Crippen LogP contribution in [0.15, 0.2) is 59.1 Å². The summed E-state index contributed by atoms with van der Waals surface area (Å²) in [6.45, 7) is 7.67. The molecule has 0 atom stereocenters. The number of hydrogen-bond donors (Lipinski definition) is 1. The van der Waals surface area contributed by atoms with Crippen molar-refractivity contribution in [3.05, 3.63) is 70.2 Å². The molecule has 4 heteroatoms. The first kappa shape index (κ1) is 21.2. The van der Waals surface area contributed by atoms with Crippen LogP contribution in [0.25, 0.3) is 6.08 Å². The first-order valence-electron chi connectivity index (χ1n) is 9.32. The maximum Gasteiger partial charge on any atom is 0.244 e. The van der Waals surface area contributed by atoms with E-state index in [1.54, 1.807) is 6.08 Å². The van der Waals surface area contributed by atoms with Gasteiger partial charge in [-0.05, 0) is 48.1 Å². The van der Waals surface area contributed by atoms with Crippen molar-refractivity contribution in [2.75, 3.05) is 13.2 Å². The fourth-order valence-electron chi connectivity index (χ4n) is 2.73. The Hall–Kier alpha value is -2.07. The lowest BCUT2D eigenvalue weighted by atomic mass is 9.85. The highest BCUT2D eigenvalue weighted by atomic mass is 79.9. The Morgan fingerprint density at radius 1 is 1.15 bits per heavy atom. The fraction of sp³-hybridized carbons (Fsp3) is 0.348. The van der Waals surface area contributed by atoms with Crippen molar-refractivity contribution >= 4 is 27.9 Å². The van der Waals surface area contributed by atoms with Gasteiger partial charge in [-0.3, -0.25) is 4.79 Å². The number of halogens is 1. The predicted molar refractivity (Wildman–Crippen MR) is 116 cm³/mol. The Labute approximate surface area is 171 Å². The molecule has 0 aliphatic heterocycles. The number of rotatable bonds is 9. The first-order valence-corrected chi connectivity index (χ1v) is 10.1. The van der Waals surface area contributed by atoms with Crippen molar-refractivity contribution in [2.24, 2.45) is 5.41 Å². The highest BCUT2D eigenvalue weighted by molar-refractivity contribution is 9.10. The third-order valence-corrected chi connectivity index (χ3v) is 4.66. The largest absolute Gasteiger partial charge is 0.493 e. The molecule has 27 heavy (non-hydrogen) atoms. The molecule has 0 fully saturated rings. The number of carbonyl (C=O) groups is 1. The SMILES string of the molecule is CCCOc1ccccc1/C=C/C(=O)NCC(C)(C)Cc1ccc(Br)cc1. The van der Waals surface area contributed by atoms with Crippen molar-refractivity contribution < 1.29 is 9.53 Å². The highest BCUT2D eigenvalue weighted by Crippen LogP contribution is 2.22. The molecule has 0 aromatic heterocycles. The molecule has 1 N–H and O–H groups in total.